The second-order valence-electron chi connectivity index (χ2n) is 4.17. The van der Waals surface area contributed by atoms with Gasteiger partial charge in [0.15, 0.2) is 0 Å². The Balaban J connectivity index is 1.91. The van der Waals surface area contributed by atoms with Crippen molar-refractivity contribution in [2.24, 2.45) is 11.7 Å². The Kier molecular flexibility index (Phi) is 2.99. The van der Waals surface area contributed by atoms with Crippen LogP contribution in [0.3, 0.4) is 0 Å². The van der Waals surface area contributed by atoms with Crippen molar-refractivity contribution in [3.63, 3.8) is 0 Å². The molecule has 7 heteroatoms. The van der Waals surface area contributed by atoms with Gasteiger partial charge in [0.25, 0.3) is 0 Å². The van der Waals surface area contributed by atoms with Gasteiger partial charge >= 0.3 is 0 Å². The number of nitrogen functional groups attached to an aromatic ring is 1. The van der Waals surface area contributed by atoms with Crippen LogP contribution in [0, 0.1) is 5.92 Å². The zero-order valence-corrected chi connectivity index (χ0v) is 9.37. The van der Waals surface area contributed by atoms with E-state index in [4.69, 9.17) is 11.5 Å². The highest BCUT2D eigenvalue weighted by atomic mass is 16.2. The number of likely N-dealkylation sites (tertiary alicyclic amines) is 1. The molecule has 2 amide bonds. The highest BCUT2D eigenvalue weighted by Gasteiger charge is 2.29. The Hall–Kier alpha value is -2.05. The maximum atomic E-state index is 11.9. The van der Waals surface area contributed by atoms with Gasteiger partial charge in [-0.15, -0.1) is 0 Å². The largest absolute Gasteiger partial charge is 0.382 e. The number of nitrogens with two attached hydrogens (primary N) is 2. The Morgan fingerprint density at radius 2 is 2.29 bits per heavy atom. The molecule has 1 aliphatic heterocycles. The first-order valence-electron chi connectivity index (χ1n) is 5.42. The first-order valence-corrected chi connectivity index (χ1v) is 5.42. The van der Waals surface area contributed by atoms with Crippen LogP contribution in [0.15, 0.2) is 12.3 Å². The Labute approximate surface area is 98.4 Å². The lowest BCUT2D eigenvalue weighted by atomic mass is 10.1. The molecular formula is C10H15N5O2. The highest BCUT2D eigenvalue weighted by Crippen LogP contribution is 2.16. The fourth-order valence-corrected chi connectivity index (χ4v) is 1.92. The van der Waals surface area contributed by atoms with Gasteiger partial charge in [0.2, 0.25) is 11.8 Å². The molecule has 2 heterocycles. The standard InChI is InChI=1S/C10H15N5O2/c11-8-2-4-15(13-8)6-9(16)14-3-1-7(5-14)10(12)17/h2,4,7H,1,3,5-6H2,(H2,11,13)(H2,12,17). The van der Waals surface area contributed by atoms with Gasteiger partial charge in [0.05, 0.1) is 5.92 Å². The summed E-state index contributed by atoms with van der Waals surface area (Å²) in [5.74, 6) is -0.253. The Bertz CT molecular complexity index is 442. The van der Waals surface area contributed by atoms with Gasteiger partial charge in [0, 0.05) is 19.3 Å². The van der Waals surface area contributed by atoms with Gasteiger partial charge in [-0.3, -0.25) is 14.3 Å². The van der Waals surface area contributed by atoms with Crippen LogP contribution in [0.4, 0.5) is 5.82 Å². The molecule has 0 spiro atoms. The average molecular weight is 237 g/mol. The van der Waals surface area contributed by atoms with Crippen LogP contribution >= 0.6 is 0 Å². The second kappa shape index (κ2) is 4.44. The van der Waals surface area contributed by atoms with E-state index in [1.54, 1.807) is 17.2 Å². The quantitative estimate of drug-likeness (QED) is 0.688. The number of carbonyl (C=O) groups is 2. The van der Waals surface area contributed by atoms with Crippen molar-refractivity contribution in [1.82, 2.24) is 14.7 Å². The molecule has 1 unspecified atom stereocenters. The van der Waals surface area contributed by atoms with E-state index in [9.17, 15) is 9.59 Å². The molecule has 0 bridgehead atoms. The molecule has 1 fully saturated rings. The Morgan fingerprint density at radius 3 is 2.82 bits per heavy atom. The summed E-state index contributed by atoms with van der Waals surface area (Å²) in [5, 5.41) is 3.93. The summed E-state index contributed by atoms with van der Waals surface area (Å²) in [6, 6.07) is 1.63. The fourth-order valence-electron chi connectivity index (χ4n) is 1.92. The molecular weight excluding hydrogens is 222 g/mol. The summed E-state index contributed by atoms with van der Waals surface area (Å²) in [6.07, 6.45) is 2.29. The molecule has 0 saturated carbocycles. The number of anilines is 1. The van der Waals surface area contributed by atoms with Crippen LogP contribution in [0.1, 0.15) is 6.42 Å². The predicted molar refractivity (Wildman–Crippen MR) is 60.5 cm³/mol. The van der Waals surface area contributed by atoms with Crippen molar-refractivity contribution in [2.45, 2.75) is 13.0 Å². The summed E-state index contributed by atoms with van der Waals surface area (Å²) in [6.45, 7) is 1.12. The molecule has 1 aromatic heterocycles. The van der Waals surface area contributed by atoms with Gasteiger partial charge in [-0.25, -0.2) is 0 Å². The zero-order valence-electron chi connectivity index (χ0n) is 9.37. The van der Waals surface area contributed by atoms with Gasteiger partial charge in [-0.2, -0.15) is 5.10 Å². The molecule has 1 saturated heterocycles. The minimum Gasteiger partial charge on any atom is -0.382 e. The van der Waals surface area contributed by atoms with Gasteiger partial charge in [-0.1, -0.05) is 0 Å². The maximum absolute atomic E-state index is 11.9. The van der Waals surface area contributed by atoms with E-state index in [1.807, 2.05) is 0 Å². The molecule has 2 rings (SSSR count). The average Bonchev–Trinajstić information content (AvgIpc) is 2.86. The number of hydrogen-bond acceptors (Lipinski definition) is 4. The normalized spacial score (nSPS) is 19.5. The first-order chi connectivity index (χ1) is 8.06. The third-order valence-corrected chi connectivity index (χ3v) is 2.90. The van der Waals surface area contributed by atoms with Crippen molar-refractivity contribution >= 4 is 17.6 Å². The maximum Gasteiger partial charge on any atom is 0.244 e. The molecule has 7 nitrogen and oxygen atoms in total. The summed E-state index contributed by atoms with van der Waals surface area (Å²) in [5.41, 5.74) is 10.7. The Morgan fingerprint density at radius 1 is 1.53 bits per heavy atom. The molecule has 1 aliphatic rings. The topological polar surface area (TPSA) is 107 Å². The lowest BCUT2D eigenvalue weighted by molar-refractivity contribution is -0.131. The number of amides is 2. The van der Waals surface area contributed by atoms with Crippen molar-refractivity contribution < 1.29 is 9.59 Å². The monoisotopic (exact) mass is 237 g/mol. The van der Waals surface area contributed by atoms with E-state index < -0.39 is 0 Å². The van der Waals surface area contributed by atoms with Crippen molar-refractivity contribution in [2.75, 3.05) is 18.8 Å². The smallest absolute Gasteiger partial charge is 0.244 e. The minimum absolute atomic E-state index is 0.0724. The van der Waals surface area contributed by atoms with Crippen LogP contribution in [0.5, 0.6) is 0 Å². The van der Waals surface area contributed by atoms with Gasteiger partial charge in [0.1, 0.15) is 12.4 Å². The molecule has 92 valence electrons. The van der Waals surface area contributed by atoms with Crippen LogP contribution in [0.2, 0.25) is 0 Å². The van der Waals surface area contributed by atoms with Gasteiger partial charge in [-0.05, 0) is 12.5 Å². The number of hydrogen-bond donors (Lipinski definition) is 2. The van der Waals surface area contributed by atoms with Crippen molar-refractivity contribution in [3.05, 3.63) is 12.3 Å². The molecule has 1 atom stereocenters. The lowest BCUT2D eigenvalue weighted by Gasteiger charge is -2.15. The minimum atomic E-state index is -0.344. The van der Waals surface area contributed by atoms with E-state index >= 15 is 0 Å². The third kappa shape index (κ3) is 2.55. The van der Waals surface area contributed by atoms with Gasteiger partial charge < -0.3 is 16.4 Å². The summed E-state index contributed by atoms with van der Waals surface area (Å²) < 4.78 is 1.48. The SMILES string of the molecule is NC(=O)C1CCN(C(=O)Cn2ccc(N)n2)C1. The number of primary amides is 1. The molecule has 4 N–H and O–H groups in total. The predicted octanol–water partition coefficient (Wildman–Crippen LogP) is -1.20. The highest BCUT2D eigenvalue weighted by molar-refractivity contribution is 5.80. The second-order valence-corrected chi connectivity index (χ2v) is 4.17. The molecule has 0 aliphatic carbocycles. The lowest BCUT2D eigenvalue weighted by Crippen LogP contribution is -2.34. The number of aromatic nitrogens is 2. The number of nitrogens with zero attached hydrogens (tertiary/aromatic N) is 3. The van der Waals surface area contributed by atoms with E-state index in [1.165, 1.54) is 4.68 Å². The van der Waals surface area contributed by atoms with E-state index in [0.29, 0.717) is 25.3 Å². The van der Waals surface area contributed by atoms with Crippen LogP contribution in [-0.4, -0.2) is 39.6 Å². The zero-order chi connectivity index (χ0) is 12.4. The fraction of sp³-hybridized carbons (Fsp3) is 0.500. The van der Waals surface area contributed by atoms with Crippen LogP contribution in [-0.2, 0) is 16.1 Å². The van der Waals surface area contributed by atoms with Crippen LogP contribution in [0.25, 0.3) is 0 Å². The van der Waals surface area contributed by atoms with E-state index in [0.717, 1.165) is 0 Å². The van der Waals surface area contributed by atoms with Crippen molar-refractivity contribution in [1.29, 1.82) is 0 Å². The molecule has 0 aromatic carbocycles. The molecule has 17 heavy (non-hydrogen) atoms. The summed E-state index contributed by atoms with van der Waals surface area (Å²) in [4.78, 5) is 24.5. The van der Waals surface area contributed by atoms with Crippen molar-refractivity contribution in [3.8, 4) is 0 Å². The molecule has 0 radical (unpaired) electrons. The third-order valence-electron chi connectivity index (χ3n) is 2.90. The van der Waals surface area contributed by atoms with E-state index in [-0.39, 0.29) is 24.3 Å². The number of carbonyl (C=O) groups excluding carboxylic acids is 2. The van der Waals surface area contributed by atoms with Crippen LogP contribution < -0.4 is 11.5 Å². The summed E-state index contributed by atoms with van der Waals surface area (Å²) in [7, 11) is 0. The summed E-state index contributed by atoms with van der Waals surface area (Å²) >= 11 is 0. The van der Waals surface area contributed by atoms with E-state index in [2.05, 4.69) is 5.10 Å². The number of rotatable bonds is 3. The first kappa shape index (κ1) is 11.4. The molecule has 1 aromatic rings.